The Morgan fingerprint density at radius 3 is 2.89 bits per heavy atom. The molecule has 2 aromatic heterocycles. The topological polar surface area (TPSA) is 86.9 Å². The number of H-pyrrole nitrogens is 1. The number of rotatable bonds is 4. The highest BCUT2D eigenvalue weighted by molar-refractivity contribution is 6.30. The summed E-state index contributed by atoms with van der Waals surface area (Å²) in [6.45, 7) is 1.91. The number of hydrogen-bond acceptors (Lipinski definition) is 4. The molecule has 144 valence electrons. The van der Waals surface area contributed by atoms with Gasteiger partial charge in [-0.2, -0.15) is 0 Å². The molecule has 0 saturated heterocycles. The Labute approximate surface area is 165 Å². The van der Waals surface area contributed by atoms with E-state index in [9.17, 15) is 14.0 Å². The van der Waals surface area contributed by atoms with Gasteiger partial charge in [-0.1, -0.05) is 18.5 Å². The minimum Gasteiger partial charge on any atom is -0.354 e. The molecule has 0 atom stereocenters. The van der Waals surface area contributed by atoms with E-state index in [4.69, 9.17) is 11.6 Å². The second-order valence-corrected chi connectivity index (χ2v) is 7.19. The molecule has 1 amide bonds. The molecule has 0 spiro atoms. The summed E-state index contributed by atoms with van der Waals surface area (Å²) in [5.41, 5.74) is 2.85. The van der Waals surface area contributed by atoms with Crippen LogP contribution in [-0.4, -0.2) is 15.9 Å². The molecular weight excluding hydrogens is 383 g/mol. The van der Waals surface area contributed by atoms with E-state index in [1.54, 1.807) is 18.3 Å². The fourth-order valence-corrected chi connectivity index (χ4v) is 3.64. The smallest absolute Gasteiger partial charge is 0.256 e. The molecule has 2 aliphatic rings. The van der Waals surface area contributed by atoms with E-state index in [-0.39, 0.29) is 41.3 Å². The number of halogens is 2. The summed E-state index contributed by atoms with van der Waals surface area (Å²) in [6.07, 6.45) is 4.50. The summed E-state index contributed by atoms with van der Waals surface area (Å²) in [6, 6.07) is 3.40. The van der Waals surface area contributed by atoms with Gasteiger partial charge in [0.25, 0.3) is 5.56 Å². The monoisotopic (exact) mass is 400 g/mol. The number of carbonyl (C=O) groups is 1. The van der Waals surface area contributed by atoms with E-state index < -0.39 is 0 Å². The SMILES string of the molecule is CCc1[nH]c(=O)c(C2=C(F)CCC(Cl)=C2)cc1Nc1ccnc2c1CC(=O)N2. The normalized spacial score (nSPS) is 16.0. The van der Waals surface area contributed by atoms with Crippen molar-refractivity contribution in [3.05, 3.63) is 62.4 Å². The second-order valence-electron chi connectivity index (χ2n) is 6.70. The standard InChI is InChI=1S/C20H18ClFN4O2/c1-2-15-17(24-16-5-6-23-19-13(16)9-18(27)26-19)8-12(20(28)25-15)11-7-10(21)3-4-14(11)22/h5-8H,2-4,9H2,1H3,(H,25,28)(H2,23,24,26,27). The van der Waals surface area contributed by atoms with Gasteiger partial charge in [0.2, 0.25) is 5.91 Å². The number of aromatic nitrogens is 2. The van der Waals surface area contributed by atoms with Crippen molar-refractivity contribution >= 4 is 40.3 Å². The van der Waals surface area contributed by atoms with Crippen LogP contribution in [0.1, 0.15) is 36.6 Å². The fourth-order valence-electron chi connectivity index (χ4n) is 3.43. The lowest BCUT2D eigenvalue weighted by molar-refractivity contribution is -0.115. The number of nitrogens with zero attached hydrogens (tertiary/aromatic N) is 1. The maximum absolute atomic E-state index is 14.4. The number of nitrogens with one attached hydrogen (secondary N) is 3. The van der Waals surface area contributed by atoms with E-state index in [0.717, 1.165) is 5.56 Å². The van der Waals surface area contributed by atoms with Gasteiger partial charge >= 0.3 is 0 Å². The number of aromatic amines is 1. The van der Waals surface area contributed by atoms with E-state index in [1.807, 2.05) is 6.92 Å². The van der Waals surface area contributed by atoms with Gasteiger partial charge in [0.15, 0.2) is 0 Å². The first-order valence-corrected chi connectivity index (χ1v) is 9.40. The average molecular weight is 401 g/mol. The lowest BCUT2D eigenvalue weighted by Crippen LogP contribution is -2.17. The fraction of sp³-hybridized carbons (Fsp3) is 0.250. The molecule has 1 aliphatic heterocycles. The van der Waals surface area contributed by atoms with Crippen molar-refractivity contribution in [2.24, 2.45) is 0 Å². The summed E-state index contributed by atoms with van der Waals surface area (Å²) in [4.78, 5) is 31.3. The molecule has 3 heterocycles. The number of fused-ring (bicyclic) bond motifs is 1. The molecule has 0 fully saturated rings. The molecule has 4 rings (SSSR count). The van der Waals surface area contributed by atoms with Crippen LogP contribution in [0.3, 0.4) is 0 Å². The molecule has 6 nitrogen and oxygen atoms in total. The Morgan fingerprint density at radius 1 is 1.29 bits per heavy atom. The predicted molar refractivity (Wildman–Crippen MR) is 107 cm³/mol. The summed E-state index contributed by atoms with van der Waals surface area (Å²) in [5.74, 6) is 0.0435. The summed E-state index contributed by atoms with van der Waals surface area (Å²) >= 11 is 6.07. The number of carbonyl (C=O) groups excluding carboxylic acids is 1. The number of anilines is 3. The molecule has 28 heavy (non-hydrogen) atoms. The first-order chi connectivity index (χ1) is 13.5. The number of allylic oxidation sites excluding steroid dienone is 4. The van der Waals surface area contributed by atoms with Gasteiger partial charge in [-0.15, -0.1) is 0 Å². The summed E-state index contributed by atoms with van der Waals surface area (Å²) in [5, 5.41) is 6.50. The van der Waals surface area contributed by atoms with Crippen molar-refractivity contribution in [2.45, 2.75) is 32.6 Å². The maximum atomic E-state index is 14.4. The molecule has 0 unspecified atom stereocenters. The average Bonchev–Trinajstić information content (AvgIpc) is 3.06. The molecule has 1 aliphatic carbocycles. The summed E-state index contributed by atoms with van der Waals surface area (Å²) in [7, 11) is 0. The van der Waals surface area contributed by atoms with E-state index in [0.29, 0.717) is 40.8 Å². The van der Waals surface area contributed by atoms with Crippen LogP contribution in [0.4, 0.5) is 21.6 Å². The Morgan fingerprint density at radius 2 is 2.11 bits per heavy atom. The maximum Gasteiger partial charge on any atom is 0.256 e. The van der Waals surface area contributed by atoms with Crippen molar-refractivity contribution < 1.29 is 9.18 Å². The number of pyridine rings is 2. The highest BCUT2D eigenvalue weighted by Gasteiger charge is 2.23. The second kappa shape index (κ2) is 7.24. The third kappa shape index (κ3) is 3.33. The van der Waals surface area contributed by atoms with Crippen LogP contribution in [0.5, 0.6) is 0 Å². The van der Waals surface area contributed by atoms with Crippen LogP contribution < -0.4 is 16.2 Å². The Bertz CT molecular complexity index is 1100. The molecule has 0 saturated carbocycles. The highest BCUT2D eigenvalue weighted by Crippen LogP contribution is 2.34. The van der Waals surface area contributed by atoms with Crippen molar-refractivity contribution in [3.63, 3.8) is 0 Å². The van der Waals surface area contributed by atoms with Gasteiger partial charge in [-0.25, -0.2) is 9.37 Å². The Hall–Kier alpha value is -2.93. The predicted octanol–water partition coefficient (Wildman–Crippen LogP) is 4.17. The third-order valence-corrected chi connectivity index (χ3v) is 5.16. The lowest BCUT2D eigenvalue weighted by Gasteiger charge is -2.17. The zero-order valence-corrected chi connectivity index (χ0v) is 15.9. The van der Waals surface area contributed by atoms with Crippen molar-refractivity contribution in [2.75, 3.05) is 10.6 Å². The molecule has 8 heteroatoms. The van der Waals surface area contributed by atoms with Crippen molar-refractivity contribution in [3.8, 4) is 0 Å². The zero-order chi connectivity index (χ0) is 19.8. The van der Waals surface area contributed by atoms with Crippen LogP contribution in [-0.2, 0) is 17.6 Å². The van der Waals surface area contributed by atoms with Gasteiger partial charge in [0.1, 0.15) is 11.6 Å². The molecule has 0 aromatic carbocycles. The lowest BCUT2D eigenvalue weighted by atomic mass is 9.98. The van der Waals surface area contributed by atoms with Crippen LogP contribution in [0.2, 0.25) is 0 Å². The molecule has 0 bridgehead atoms. The minimum absolute atomic E-state index is 0.121. The largest absolute Gasteiger partial charge is 0.354 e. The first-order valence-electron chi connectivity index (χ1n) is 9.02. The molecule has 3 N–H and O–H groups in total. The molecule has 0 radical (unpaired) electrons. The van der Waals surface area contributed by atoms with Crippen LogP contribution in [0, 0.1) is 0 Å². The van der Waals surface area contributed by atoms with Crippen molar-refractivity contribution in [1.82, 2.24) is 9.97 Å². The first kappa shape index (κ1) is 18.4. The Kier molecular flexibility index (Phi) is 4.77. The van der Waals surface area contributed by atoms with Gasteiger partial charge < -0.3 is 15.6 Å². The number of amides is 1. The van der Waals surface area contributed by atoms with Gasteiger partial charge in [0, 0.05) is 40.2 Å². The van der Waals surface area contributed by atoms with Gasteiger partial charge in [-0.3, -0.25) is 9.59 Å². The number of aryl methyl sites for hydroxylation is 1. The van der Waals surface area contributed by atoms with E-state index in [1.165, 1.54) is 6.08 Å². The quantitative estimate of drug-likeness (QED) is 0.719. The third-order valence-electron chi connectivity index (χ3n) is 4.86. The minimum atomic E-state index is -0.369. The van der Waals surface area contributed by atoms with Gasteiger partial charge in [0.05, 0.1) is 17.7 Å². The zero-order valence-electron chi connectivity index (χ0n) is 15.2. The Balaban J connectivity index is 1.80. The molecular formula is C20H18ClFN4O2. The molecule has 2 aromatic rings. The summed E-state index contributed by atoms with van der Waals surface area (Å²) < 4.78 is 14.4. The van der Waals surface area contributed by atoms with Crippen LogP contribution >= 0.6 is 11.6 Å². The van der Waals surface area contributed by atoms with Gasteiger partial charge in [-0.05, 0) is 31.1 Å². The number of hydrogen-bond donors (Lipinski definition) is 3. The van der Waals surface area contributed by atoms with Crippen molar-refractivity contribution in [1.29, 1.82) is 0 Å². The highest BCUT2D eigenvalue weighted by atomic mass is 35.5. The van der Waals surface area contributed by atoms with E-state index in [2.05, 4.69) is 20.6 Å². The van der Waals surface area contributed by atoms with Crippen LogP contribution in [0.25, 0.3) is 5.57 Å². The van der Waals surface area contributed by atoms with E-state index >= 15 is 0 Å². The van der Waals surface area contributed by atoms with Crippen LogP contribution in [0.15, 0.2) is 40.1 Å².